The zero-order chi connectivity index (χ0) is 44.8. The Balaban J connectivity index is 1.01. The molecular formula is C54H62N2O8. The number of benzene rings is 6. The molecule has 64 heavy (non-hydrogen) atoms. The van der Waals surface area contributed by atoms with Crippen molar-refractivity contribution in [2.75, 3.05) is 26.2 Å². The van der Waals surface area contributed by atoms with Gasteiger partial charge in [-0.1, -0.05) is 127 Å². The average molecular weight is 867 g/mol. The number of carbonyl (C=O) groups excluding carboxylic acids is 1. The third-order valence-electron chi connectivity index (χ3n) is 11.2. The molecule has 2 unspecified atom stereocenters. The lowest BCUT2D eigenvalue weighted by molar-refractivity contribution is 0.0677. The first-order valence-corrected chi connectivity index (χ1v) is 22.3. The molecular weight excluding hydrogens is 805 g/mol. The molecule has 0 saturated heterocycles. The maximum Gasteiger partial charge on any atom is 0.407 e. The zero-order valence-corrected chi connectivity index (χ0v) is 36.6. The van der Waals surface area contributed by atoms with Crippen LogP contribution in [0.1, 0.15) is 88.0 Å². The molecule has 0 radical (unpaired) electrons. The van der Waals surface area contributed by atoms with Gasteiger partial charge in [-0.25, -0.2) is 4.79 Å². The van der Waals surface area contributed by atoms with Crippen molar-refractivity contribution in [2.45, 2.75) is 83.8 Å². The van der Waals surface area contributed by atoms with Gasteiger partial charge in [-0.2, -0.15) is 0 Å². The lowest BCUT2D eigenvalue weighted by Gasteiger charge is -2.28. The number of unbranched alkanes of at least 4 members (excludes halogenated alkanes) is 2. The van der Waals surface area contributed by atoms with Crippen molar-refractivity contribution < 1.29 is 39.4 Å². The molecule has 0 spiro atoms. The summed E-state index contributed by atoms with van der Waals surface area (Å²) in [4.78, 5) is 14.1. The molecule has 6 aromatic carbocycles. The Morgan fingerprint density at radius 3 is 1.41 bits per heavy atom. The summed E-state index contributed by atoms with van der Waals surface area (Å²) < 4.78 is 17.3. The lowest BCUT2D eigenvalue weighted by atomic mass is 10.0. The van der Waals surface area contributed by atoms with Gasteiger partial charge >= 0.3 is 6.09 Å². The fraction of sp³-hybridized carbons (Fsp3) is 0.315. The Morgan fingerprint density at radius 1 is 0.516 bits per heavy atom. The second-order valence-electron chi connectivity index (χ2n) is 16.1. The number of carbonyl (C=O) groups is 1. The van der Waals surface area contributed by atoms with Gasteiger partial charge in [-0.15, -0.1) is 0 Å². The van der Waals surface area contributed by atoms with E-state index < -0.39 is 18.3 Å². The number of amides is 1. The van der Waals surface area contributed by atoms with E-state index >= 15 is 0 Å². The summed E-state index contributed by atoms with van der Waals surface area (Å²) >= 11 is 0. The number of hydrogen-bond acceptors (Lipinski definition) is 9. The van der Waals surface area contributed by atoms with Crippen molar-refractivity contribution in [3.8, 4) is 11.5 Å². The fourth-order valence-electron chi connectivity index (χ4n) is 7.53. The first-order valence-electron chi connectivity index (χ1n) is 22.3. The summed E-state index contributed by atoms with van der Waals surface area (Å²) in [6, 6.07) is 48.8. The van der Waals surface area contributed by atoms with Crippen LogP contribution in [0.3, 0.4) is 0 Å². The predicted molar refractivity (Wildman–Crippen MR) is 250 cm³/mol. The van der Waals surface area contributed by atoms with Gasteiger partial charge in [-0.05, 0) is 108 Å². The Bertz CT molecular complexity index is 2150. The summed E-state index contributed by atoms with van der Waals surface area (Å²) in [5.74, 6) is 1.12. The van der Waals surface area contributed by atoms with E-state index in [1.807, 2.05) is 103 Å². The van der Waals surface area contributed by atoms with E-state index in [1.165, 1.54) is 11.1 Å². The van der Waals surface area contributed by atoms with Crippen molar-refractivity contribution in [1.82, 2.24) is 10.2 Å². The van der Waals surface area contributed by atoms with Crippen LogP contribution in [0.25, 0.3) is 0 Å². The number of aliphatic hydroxyl groups is 4. The monoisotopic (exact) mass is 866 g/mol. The van der Waals surface area contributed by atoms with Gasteiger partial charge in [0.2, 0.25) is 0 Å². The second-order valence-corrected chi connectivity index (χ2v) is 16.1. The zero-order valence-electron chi connectivity index (χ0n) is 36.6. The summed E-state index contributed by atoms with van der Waals surface area (Å²) in [5.41, 5.74) is 7.96. The number of rotatable bonds is 26. The minimum atomic E-state index is -0.890. The molecule has 10 nitrogen and oxygen atoms in total. The van der Waals surface area contributed by atoms with E-state index in [0.29, 0.717) is 60.1 Å². The standard InChI is InChI=1S/C54H62N2O8/c57-36-48-32-46(26-28-52(48)62-38-43-16-4-1-5-17-43)50(59)34-56(35-51(60)47-27-29-53(49(33-47)37-58)63-39-44-18-6-2-7-19-44)31-13-11-15-42-24-22-41(23-25-42)14-10-12-30-55-54(61)64-40-45-20-8-3-9-21-45/h1-9,16-29,32-33,50-51,57-60H,10-15,30-31,34-40H2,(H,55,61). The highest BCUT2D eigenvalue weighted by atomic mass is 16.5. The highest BCUT2D eigenvalue weighted by Crippen LogP contribution is 2.28. The molecule has 0 aliphatic rings. The molecule has 1 amide bonds. The molecule has 0 heterocycles. The summed E-state index contributed by atoms with van der Waals surface area (Å²) in [7, 11) is 0. The molecule has 0 bridgehead atoms. The van der Waals surface area contributed by atoms with E-state index in [0.717, 1.165) is 55.2 Å². The molecule has 0 aliphatic carbocycles. The average Bonchev–Trinajstić information content (AvgIpc) is 3.34. The quantitative estimate of drug-likeness (QED) is 0.0338. The molecule has 6 rings (SSSR count). The third kappa shape index (κ3) is 15.7. The van der Waals surface area contributed by atoms with E-state index in [2.05, 4.69) is 34.5 Å². The molecule has 0 fully saturated rings. The second kappa shape index (κ2) is 25.9. The highest BCUT2D eigenvalue weighted by Gasteiger charge is 2.20. The van der Waals surface area contributed by atoms with Crippen LogP contribution in [-0.4, -0.2) is 57.6 Å². The number of ether oxygens (including phenoxy) is 3. The van der Waals surface area contributed by atoms with Crippen molar-refractivity contribution in [3.63, 3.8) is 0 Å². The Morgan fingerprint density at radius 2 is 0.953 bits per heavy atom. The number of aryl methyl sites for hydroxylation is 2. The molecule has 6 aromatic rings. The van der Waals surface area contributed by atoms with Gasteiger partial charge in [0.1, 0.15) is 31.3 Å². The summed E-state index contributed by atoms with van der Waals surface area (Å²) in [6.45, 7) is 2.22. The summed E-state index contributed by atoms with van der Waals surface area (Å²) in [6.07, 6.45) is 3.20. The van der Waals surface area contributed by atoms with Crippen molar-refractivity contribution in [2.24, 2.45) is 0 Å². The fourth-order valence-corrected chi connectivity index (χ4v) is 7.53. The van der Waals surface area contributed by atoms with Crippen molar-refractivity contribution in [3.05, 3.63) is 202 Å². The number of aliphatic hydroxyl groups excluding tert-OH is 4. The smallest absolute Gasteiger partial charge is 0.407 e. The number of hydrogen-bond donors (Lipinski definition) is 5. The van der Waals surface area contributed by atoms with Crippen molar-refractivity contribution >= 4 is 6.09 Å². The van der Waals surface area contributed by atoms with Gasteiger partial charge in [0.15, 0.2) is 0 Å². The topological polar surface area (TPSA) is 141 Å². The first-order chi connectivity index (χ1) is 31.4. The van der Waals surface area contributed by atoms with Crippen LogP contribution in [0.5, 0.6) is 11.5 Å². The van der Waals surface area contributed by atoms with Gasteiger partial charge in [-0.3, -0.25) is 4.90 Å². The van der Waals surface area contributed by atoms with Gasteiger partial charge in [0.25, 0.3) is 0 Å². The van der Waals surface area contributed by atoms with Crippen LogP contribution >= 0.6 is 0 Å². The van der Waals surface area contributed by atoms with E-state index in [4.69, 9.17) is 14.2 Å². The maximum absolute atomic E-state index is 12.0. The molecule has 0 saturated carbocycles. The molecule has 2 atom stereocenters. The molecule has 10 heteroatoms. The molecule has 336 valence electrons. The Kier molecular flexibility index (Phi) is 19.2. The van der Waals surface area contributed by atoms with E-state index in [1.54, 1.807) is 24.3 Å². The maximum atomic E-state index is 12.0. The van der Waals surface area contributed by atoms with Crippen LogP contribution in [0.15, 0.2) is 152 Å². The Hall–Kier alpha value is -6.01. The Labute approximate surface area is 377 Å². The van der Waals surface area contributed by atoms with E-state index in [-0.39, 0.29) is 32.9 Å². The van der Waals surface area contributed by atoms with Gasteiger partial charge < -0.3 is 40.0 Å². The van der Waals surface area contributed by atoms with Crippen LogP contribution < -0.4 is 14.8 Å². The number of nitrogens with one attached hydrogen (secondary N) is 1. The lowest BCUT2D eigenvalue weighted by Crippen LogP contribution is -2.33. The third-order valence-corrected chi connectivity index (χ3v) is 11.2. The van der Waals surface area contributed by atoms with Crippen LogP contribution in [0.4, 0.5) is 4.79 Å². The minimum Gasteiger partial charge on any atom is -0.489 e. The van der Waals surface area contributed by atoms with Crippen LogP contribution in [0.2, 0.25) is 0 Å². The predicted octanol–water partition coefficient (Wildman–Crippen LogP) is 9.17. The number of alkyl carbamates (subject to hydrolysis) is 1. The van der Waals surface area contributed by atoms with Crippen LogP contribution in [0, 0.1) is 0 Å². The van der Waals surface area contributed by atoms with Gasteiger partial charge in [0.05, 0.1) is 25.4 Å². The molecule has 0 aromatic heterocycles. The SMILES string of the molecule is O=C(NCCCCc1ccc(CCCCN(CC(O)c2ccc(OCc3ccccc3)c(CO)c2)CC(O)c2ccc(OCc3ccccc3)c(CO)c2)cc1)OCc1ccccc1. The van der Waals surface area contributed by atoms with Crippen molar-refractivity contribution in [1.29, 1.82) is 0 Å². The van der Waals surface area contributed by atoms with E-state index in [9.17, 15) is 25.2 Å². The normalized spacial score (nSPS) is 12.1. The minimum absolute atomic E-state index is 0.238. The molecule has 5 N–H and O–H groups in total. The highest BCUT2D eigenvalue weighted by molar-refractivity contribution is 5.67. The first kappa shape index (κ1) is 47.5. The van der Waals surface area contributed by atoms with Crippen LogP contribution in [-0.2, 0) is 50.6 Å². The number of nitrogens with zero attached hydrogens (tertiary/aromatic N) is 1. The summed E-state index contributed by atoms with van der Waals surface area (Å²) in [5, 5.41) is 46.4. The van der Waals surface area contributed by atoms with Gasteiger partial charge in [0, 0.05) is 30.8 Å². The largest absolute Gasteiger partial charge is 0.489 e. The molecule has 0 aliphatic heterocycles.